The van der Waals surface area contributed by atoms with Crippen LogP contribution in [0.5, 0.6) is 11.5 Å². The van der Waals surface area contributed by atoms with Crippen molar-refractivity contribution < 1.29 is 19.1 Å². The van der Waals surface area contributed by atoms with Crippen LogP contribution in [0.2, 0.25) is 0 Å². The van der Waals surface area contributed by atoms with Gasteiger partial charge in [0.15, 0.2) is 11.5 Å². The monoisotopic (exact) mass is 229 g/mol. The van der Waals surface area contributed by atoms with Crippen molar-refractivity contribution in [2.24, 2.45) is 4.99 Å². The van der Waals surface area contributed by atoms with Crippen molar-refractivity contribution >= 4 is 17.9 Å². The molecular weight excluding hydrogens is 222 g/mol. The highest BCUT2D eigenvalue weighted by molar-refractivity contribution is 6.09. The minimum atomic E-state index is -0.579. The molecule has 0 unspecified atom stereocenters. The van der Waals surface area contributed by atoms with Crippen molar-refractivity contribution in [3.8, 4) is 11.5 Å². The first kappa shape index (κ1) is 9.81. The third-order valence-electron chi connectivity index (χ3n) is 2.55. The average Bonchev–Trinajstić information content (AvgIpc) is 2.35. The van der Waals surface area contributed by atoms with Gasteiger partial charge in [-0.3, -0.25) is 4.79 Å². The van der Waals surface area contributed by atoms with Crippen LogP contribution in [-0.4, -0.2) is 25.1 Å². The van der Waals surface area contributed by atoms with Crippen molar-refractivity contribution in [1.82, 2.24) is 0 Å². The lowest BCUT2D eigenvalue weighted by Crippen LogP contribution is -2.32. The molecule has 0 saturated heterocycles. The molecule has 5 heteroatoms. The molecule has 0 N–H and O–H groups in total. The summed E-state index contributed by atoms with van der Waals surface area (Å²) in [6.07, 6.45) is 1.45. The lowest BCUT2D eigenvalue weighted by Gasteiger charge is -2.18. The fourth-order valence-electron chi connectivity index (χ4n) is 1.77. The van der Waals surface area contributed by atoms with Gasteiger partial charge in [0.1, 0.15) is 24.7 Å². The number of amides is 1. The first-order valence-electron chi connectivity index (χ1n) is 5.07. The Morgan fingerprint density at radius 3 is 2.59 bits per heavy atom. The molecule has 3 rings (SSSR count). The molecule has 2 heterocycles. The van der Waals surface area contributed by atoms with Crippen LogP contribution in [0.25, 0.3) is 6.08 Å². The number of carbonyl (C=O) groups is 1. The molecule has 2 aliphatic heterocycles. The number of nitrogens with zero attached hydrogens (tertiary/aromatic N) is 1. The van der Waals surface area contributed by atoms with Crippen molar-refractivity contribution in [2.45, 2.75) is 0 Å². The first-order valence-corrected chi connectivity index (χ1v) is 5.07. The zero-order valence-corrected chi connectivity index (χ0v) is 8.73. The smallest absolute Gasteiger partial charge is 0.288 e. The molecule has 17 heavy (non-hydrogen) atoms. The minimum Gasteiger partial charge on any atom is -0.486 e. The summed E-state index contributed by atoms with van der Waals surface area (Å²) >= 11 is 0. The molecular formula is C12H7NO4. The van der Waals surface area contributed by atoms with Crippen LogP contribution in [0.4, 0.5) is 0 Å². The lowest BCUT2D eigenvalue weighted by molar-refractivity contribution is -0.114. The van der Waals surface area contributed by atoms with Crippen LogP contribution >= 0.6 is 0 Å². The predicted molar refractivity (Wildman–Crippen MR) is 56.9 cm³/mol. The van der Waals surface area contributed by atoms with Gasteiger partial charge in [0.2, 0.25) is 0 Å². The zero-order valence-electron chi connectivity index (χ0n) is 8.73. The van der Waals surface area contributed by atoms with E-state index in [2.05, 4.69) is 4.99 Å². The average molecular weight is 229 g/mol. The highest BCUT2D eigenvalue weighted by Gasteiger charge is 2.16. The van der Waals surface area contributed by atoms with Gasteiger partial charge in [0.05, 0.1) is 5.36 Å². The second-order valence-electron chi connectivity index (χ2n) is 3.63. The van der Waals surface area contributed by atoms with Crippen LogP contribution in [0, 0.1) is 0 Å². The van der Waals surface area contributed by atoms with Crippen molar-refractivity contribution in [3.63, 3.8) is 0 Å². The second-order valence-corrected chi connectivity index (χ2v) is 3.63. The summed E-state index contributed by atoms with van der Waals surface area (Å²) in [7, 11) is 0. The largest absolute Gasteiger partial charge is 0.486 e. The number of hydrogen-bond acceptors (Lipinski definition) is 4. The molecule has 0 bridgehead atoms. The van der Waals surface area contributed by atoms with Crippen LogP contribution in [-0.2, 0) is 9.59 Å². The van der Waals surface area contributed by atoms with Crippen LogP contribution in [0.15, 0.2) is 22.7 Å². The molecule has 0 aromatic heterocycles. The number of fused-ring (bicyclic) bond motifs is 2. The molecule has 0 aliphatic carbocycles. The molecule has 84 valence electrons. The Bertz CT molecular complexity index is 683. The van der Waals surface area contributed by atoms with E-state index in [0.29, 0.717) is 35.3 Å². The van der Waals surface area contributed by atoms with E-state index >= 15 is 0 Å². The van der Waals surface area contributed by atoms with Gasteiger partial charge in [-0.05, 0) is 12.1 Å². The third kappa shape index (κ3) is 1.53. The van der Waals surface area contributed by atoms with Gasteiger partial charge in [-0.2, -0.15) is 0 Å². The Morgan fingerprint density at radius 1 is 1.18 bits per heavy atom. The fraction of sp³-hybridized carbons (Fsp3) is 0.167. The van der Waals surface area contributed by atoms with E-state index in [1.165, 1.54) is 6.08 Å². The highest BCUT2D eigenvalue weighted by atomic mass is 16.6. The Labute approximate surface area is 95.7 Å². The number of ether oxygens (including phenoxy) is 2. The molecule has 1 aromatic carbocycles. The Kier molecular flexibility index (Phi) is 2.06. The topological polar surface area (TPSA) is 65.0 Å². The third-order valence-corrected chi connectivity index (χ3v) is 2.55. The van der Waals surface area contributed by atoms with E-state index in [0.717, 1.165) is 0 Å². The summed E-state index contributed by atoms with van der Waals surface area (Å²) in [6, 6.07) is 3.34. The van der Waals surface area contributed by atoms with Crippen molar-refractivity contribution in [1.29, 1.82) is 0 Å². The maximum Gasteiger partial charge on any atom is 0.288 e. The maximum atomic E-state index is 11.4. The Morgan fingerprint density at radius 2 is 1.88 bits per heavy atom. The Balaban J connectivity index is 2.31. The van der Waals surface area contributed by atoms with Crippen molar-refractivity contribution in [3.05, 3.63) is 28.3 Å². The molecule has 2 aliphatic rings. The normalized spacial score (nSPS) is 16.5. The summed E-state index contributed by atoms with van der Waals surface area (Å²) < 4.78 is 10.8. The highest BCUT2D eigenvalue weighted by Crippen LogP contribution is 2.26. The summed E-state index contributed by atoms with van der Waals surface area (Å²) in [5, 5.41) is 1.14. The SMILES string of the molecule is O=C=C1C=c2cc3c(cc2=NC1=O)OCCO3. The van der Waals surface area contributed by atoms with E-state index in [4.69, 9.17) is 9.47 Å². The first-order chi connectivity index (χ1) is 8.28. The number of hydrogen-bond donors (Lipinski definition) is 0. The molecule has 1 amide bonds. The maximum absolute atomic E-state index is 11.4. The number of carbonyl (C=O) groups excluding carboxylic acids is 2. The molecule has 0 spiro atoms. The van der Waals surface area contributed by atoms with E-state index in [1.807, 2.05) is 0 Å². The Hall–Kier alpha value is -2.39. The minimum absolute atomic E-state index is 0.0748. The molecule has 0 fully saturated rings. The summed E-state index contributed by atoms with van der Waals surface area (Å²) in [5.41, 5.74) is -0.0748. The lowest BCUT2D eigenvalue weighted by atomic mass is 10.1. The standard InChI is InChI=1S/C12H7NO4/c14-6-8-3-7-4-10-11(17-2-1-16-10)5-9(7)13-12(8)15/h3-5H,1-2H2. The second kappa shape index (κ2) is 3.57. The van der Waals surface area contributed by atoms with Crippen LogP contribution in [0.3, 0.4) is 0 Å². The van der Waals surface area contributed by atoms with Gasteiger partial charge in [-0.15, -0.1) is 0 Å². The van der Waals surface area contributed by atoms with Gasteiger partial charge in [-0.25, -0.2) is 9.79 Å². The van der Waals surface area contributed by atoms with E-state index < -0.39 is 5.91 Å². The summed E-state index contributed by atoms with van der Waals surface area (Å²) in [5.74, 6) is 2.16. The number of benzene rings is 1. The van der Waals surface area contributed by atoms with Gasteiger partial charge in [0.25, 0.3) is 5.91 Å². The van der Waals surface area contributed by atoms with Gasteiger partial charge in [-0.1, -0.05) is 0 Å². The molecule has 5 nitrogen and oxygen atoms in total. The van der Waals surface area contributed by atoms with Gasteiger partial charge in [0, 0.05) is 11.3 Å². The molecule has 1 aromatic rings. The summed E-state index contributed by atoms with van der Waals surface area (Å²) in [4.78, 5) is 25.7. The summed E-state index contributed by atoms with van der Waals surface area (Å²) in [6.45, 7) is 0.959. The van der Waals surface area contributed by atoms with Crippen LogP contribution < -0.4 is 20.0 Å². The quantitative estimate of drug-likeness (QED) is 0.429. The molecule has 0 atom stereocenters. The van der Waals surface area contributed by atoms with Crippen LogP contribution in [0.1, 0.15) is 0 Å². The van der Waals surface area contributed by atoms with Crippen molar-refractivity contribution in [2.75, 3.05) is 13.2 Å². The zero-order chi connectivity index (χ0) is 11.8. The van der Waals surface area contributed by atoms with E-state index in [-0.39, 0.29) is 5.57 Å². The fourth-order valence-corrected chi connectivity index (χ4v) is 1.77. The number of rotatable bonds is 0. The molecule has 0 radical (unpaired) electrons. The van der Waals surface area contributed by atoms with E-state index in [9.17, 15) is 9.59 Å². The van der Waals surface area contributed by atoms with E-state index in [1.54, 1.807) is 18.1 Å². The van der Waals surface area contributed by atoms with Gasteiger partial charge < -0.3 is 9.47 Å². The predicted octanol–water partition coefficient (Wildman–Crippen LogP) is -0.844. The molecule has 0 saturated carbocycles. The van der Waals surface area contributed by atoms with Gasteiger partial charge >= 0.3 is 0 Å².